The smallest absolute Gasteiger partial charge is 0.262 e. The molecule has 3 fully saturated rings. The first kappa shape index (κ1) is 39.1. The number of benzene rings is 3. The molecule has 1 saturated carbocycles. The van der Waals surface area contributed by atoms with E-state index in [2.05, 4.69) is 55.8 Å². The van der Waals surface area contributed by atoms with Gasteiger partial charge in [0.15, 0.2) is 0 Å². The van der Waals surface area contributed by atoms with Crippen LogP contribution in [0.5, 0.6) is 5.75 Å². The van der Waals surface area contributed by atoms with Crippen molar-refractivity contribution in [2.75, 3.05) is 31.1 Å². The Morgan fingerprint density at radius 2 is 1.59 bits per heavy atom. The van der Waals surface area contributed by atoms with Crippen molar-refractivity contribution in [3.8, 4) is 23.7 Å². The van der Waals surface area contributed by atoms with E-state index in [1.54, 1.807) is 18.2 Å². The Morgan fingerprint density at radius 1 is 0.897 bits per heavy atom. The Labute approximate surface area is 340 Å². The maximum absolute atomic E-state index is 15.5. The topological polar surface area (TPSA) is 143 Å². The number of nitriles is 1. The summed E-state index contributed by atoms with van der Waals surface area (Å²) >= 11 is 6.28. The molecule has 3 aromatic carbocycles. The summed E-state index contributed by atoms with van der Waals surface area (Å²) < 4.78 is 21.9. The van der Waals surface area contributed by atoms with E-state index in [0.717, 1.165) is 22.1 Å². The Bertz CT molecular complexity index is 2410. The lowest BCUT2D eigenvalue weighted by Crippen LogP contribution is -2.74. The monoisotopic (exact) mass is 804 g/mol. The molecule has 2 unspecified atom stereocenters. The molecular weight excluding hydrogens is 763 g/mol. The average Bonchev–Trinajstić information content (AvgIpc) is 3.62. The number of carbonyl (C=O) groups is 5. The minimum atomic E-state index is -1.12. The highest BCUT2D eigenvalue weighted by atomic mass is 35.5. The zero-order valence-electron chi connectivity index (χ0n) is 32.8. The van der Waals surface area contributed by atoms with Gasteiger partial charge in [0.1, 0.15) is 29.8 Å². The summed E-state index contributed by atoms with van der Waals surface area (Å²) in [7, 11) is 0. The van der Waals surface area contributed by atoms with Gasteiger partial charge in [-0.1, -0.05) is 51.1 Å². The molecule has 0 bridgehead atoms. The first-order valence-electron chi connectivity index (χ1n) is 19.4. The van der Waals surface area contributed by atoms with Crippen LogP contribution in [0.4, 0.5) is 10.1 Å². The fourth-order valence-electron chi connectivity index (χ4n) is 9.99. The number of imide groups is 2. The van der Waals surface area contributed by atoms with Gasteiger partial charge in [-0.25, -0.2) is 4.39 Å². The van der Waals surface area contributed by atoms with Gasteiger partial charge in [0.25, 0.3) is 17.7 Å². The Balaban J connectivity index is 0.896. The predicted molar refractivity (Wildman–Crippen MR) is 211 cm³/mol. The van der Waals surface area contributed by atoms with Crippen LogP contribution >= 0.6 is 11.6 Å². The number of nitrogens with zero attached hydrogens (tertiary/aromatic N) is 5. The summed E-state index contributed by atoms with van der Waals surface area (Å²) in [5, 5.41) is 11.8. The highest BCUT2D eigenvalue weighted by Gasteiger charge is 2.67. The van der Waals surface area contributed by atoms with Gasteiger partial charge < -0.3 is 14.5 Å². The number of nitrogens with one attached hydrogen (secondary N) is 1. The molecule has 0 aromatic heterocycles. The molecule has 2 atom stereocenters. The molecule has 8 rings (SSSR count). The molecule has 4 heterocycles. The molecule has 5 amide bonds. The summed E-state index contributed by atoms with van der Waals surface area (Å²) in [6.07, 6.45) is -0.191. The molecule has 58 heavy (non-hydrogen) atoms. The molecule has 0 radical (unpaired) electrons. The lowest BCUT2D eigenvalue weighted by molar-refractivity contribution is -0.199. The van der Waals surface area contributed by atoms with E-state index in [0.29, 0.717) is 54.6 Å². The lowest BCUT2D eigenvalue weighted by Gasteiger charge is -2.65. The number of fused-ring (bicyclic) bond motifs is 2. The van der Waals surface area contributed by atoms with Crippen LogP contribution in [0.15, 0.2) is 48.5 Å². The number of anilines is 1. The number of halogens is 2. The van der Waals surface area contributed by atoms with Gasteiger partial charge in [-0.3, -0.25) is 39.1 Å². The lowest BCUT2D eigenvalue weighted by atomic mass is 9.49. The predicted octanol–water partition coefficient (Wildman–Crippen LogP) is 5.15. The van der Waals surface area contributed by atoms with Gasteiger partial charge in [-0.2, -0.15) is 5.26 Å². The van der Waals surface area contributed by atoms with Gasteiger partial charge in [0.05, 0.1) is 33.4 Å². The zero-order chi connectivity index (χ0) is 41.4. The summed E-state index contributed by atoms with van der Waals surface area (Å²) in [6.45, 7) is 13.0. The largest absolute Gasteiger partial charge is 0.489 e. The second-order valence-corrected chi connectivity index (χ2v) is 17.3. The van der Waals surface area contributed by atoms with Crippen LogP contribution in [-0.4, -0.2) is 94.6 Å². The van der Waals surface area contributed by atoms with Crippen molar-refractivity contribution in [2.45, 2.75) is 78.2 Å². The van der Waals surface area contributed by atoms with Gasteiger partial charge in [-0.05, 0) is 61.4 Å². The molecular formula is C44H42ClFN6O6. The van der Waals surface area contributed by atoms with E-state index in [1.165, 1.54) is 6.07 Å². The van der Waals surface area contributed by atoms with Crippen LogP contribution in [0.25, 0.3) is 0 Å². The SMILES string of the molecule is CC(C#Cc1ccc2c(c1)CN(C1C(C)(C)C(Oc3ccc(C#N)c(Cl)c3)C1(C)C)C2=O)N1CCN(c2cc3c(cc2F)C(=O)N(C2CCC(=O)NC2=O)C3=O)CC1. The number of piperazine rings is 1. The van der Waals surface area contributed by atoms with Crippen molar-refractivity contribution in [3.05, 3.63) is 92.8 Å². The summed E-state index contributed by atoms with van der Waals surface area (Å²) in [6, 6.07) is 13.9. The first-order valence-corrected chi connectivity index (χ1v) is 19.7. The van der Waals surface area contributed by atoms with Crippen molar-refractivity contribution in [2.24, 2.45) is 10.8 Å². The molecule has 1 aliphatic carbocycles. The normalized spacial score (nSPS) is 24.0. The number of rotatable bonds is 6. The molecule has 5 aliphatic rings. The molecule has 2 saturated heterocycles. The van der Waals surface area contributed by atoms with E-state index in [-0.39, 0.29) is 64.6 Å². The summed E-state index contributed by atoms with van der Waals surface area (Å²) in [5.74, 6) is 3.96. The molecule has 12 nitrogen and oxygen atoms in total. The number of piperidine rings is 1. The molecule has 0 spiro atoms. The standard InChI is InChI=1S/C44H42ClFN6O6/c1-24(49-14-16-50(17-15-49)35-21-31-30(20-33(35)46)39(56)52(40(31)57)34-12-13-36(53)48-37(34)54)6-7-25-8-11-29-27(18-25)23-51(38(29)55)41-43(2,3)42(44(41,4)5)58-28-10-9-26(22-47)32(45)19-28/h8-11,18-21,24,34,41-42H,12-17,23H2,1-5H3,(H,48,53,54). The highest BCUT2D eigenvalue weighted by molar-refractivity contribution is 6.31. The second kappa shape index (κ2) is 14.3. The molecule has 298 valence electrons. The number of ether oxygens (including phenoxy) is 1. The van der Waals surface area contributed by atoms with E-state index in [1.807, 2.05) is 34.9 Å². The zero-order valence-corrected chi connectivity index (χ0v) is 33.6. The fourth-order valence-corrected chi connectivity index (χ4v) is 10.2. The van der Waals surface area contributed by atoms with Gasteiger partial charge in [0, 0.05) is 73.2 Å². The molecule has 14 heteroatoms. The fraction of sp³-hybridized carbons (Fsp3) is 0.409. The number of carbonyl (C=O) groups excluding carboxylic acids is 5. The van der Waals surface area contributed by atoms with Crippen molar-refractivity contribution < 1.29 is 33.1 Å². The van der Waals surface area contributed by atoms with Gasteiger partial charge >= 0.3 is 0 Å². The number of hydrogen-bond donors (Lipinski definition) is 1. The number of hydrogen-bond acceptors (Lipinski definition) is 9. The Hall–Kier alpha value is -5.76. The third-order valence-corrected chi connectivity index (χ3v) is 12.8. The van der Waals surface area contributed by atoms with E-state index in [9.17, 15) is 29.2 Å². The maximum Gasteiger partial charge on any atom is 0.262 e. The first-order chi connectivity index (χ1) is 27.5. The quantitative estimate of drug-likeness (QED) is 0.264. The maximum atomic E-state index is 15.5. The molecule has 1 N–H and O–H groups in total. The van der Waals surface area contributed by atoms with E-state index in [4.69, 9.17) is 16.3 Å². The van der Waals surface area contributed by atoms with Crippen LogP contribution in [-0.2, 0) is 16.1 Å². The van der Waals surface area contributed by atoms with Crippen LogP contribution in [0.1, 0.15) is 95.2 Å². The van der Waals surface area contributed by atoms with Crippen molar-refractivity contribution >= 4 is 46.8 Å². The van der Waals surface area contributed by atoms with Gasteiger partial charge in [0.2, 0.25) is 11.8 Å². The highest BCUT2D eigenvalue weighted by Crippen LogP contribution is 2.59. The summed E-state index contributed by atoms with van der Waals surface area (Å²) in [4.78, 5) is 71.1. The minimum Gasteiger partial charge on any atom is -0.489 e. The average molecular weight is 805 g/mol. The van der Waals surface area contributed by atoms with Crippen LogP contribution in [0.2, 0.25) is 5.02 Å². The van der Waals surface area contributed by atoms with Crippen molar-refractivity contribution in [1.29, 1.82) is 5.26 Å². The molecule has 3 aromatic rings. The Morgan fingerprint density at radius 3 is 2.24 bits per heavy atom. The van der Waals surface area contributed by atoms with E-state index >= 15 is 4.39 Å². The van der Waals surface area contributed by atoms with Gasteiger partial charge in [-0.15, -0.1) is 0 Å². The number of amides is 5. The third kappa shape index (κ3) is 6.37. The van der Waals surface area contributed by atoms with E-state index < -0.39 is 35.5 Å². The third-order valence-electron chi connectivity index (χ3n) is 12.5. The van der Waals surface area contributed by atoms with Crippen LogP contribution in [0.3, 0.4) is 0 Å². The van der Waals surface area contributed by atoms with Crippen LogP contribution < -0.4 is 15.0 Å². The Kier molecular flexibility index (Phi) is 9.61. The second-order valence-electron chi connectivity index (χ2n) is 16.9. The minimum absolute atomic E-state index is 0.000493. The van der Waals surface area contributed by atoms with Crippen LogP contribution in [0, 0.1) is 39.8 Å². The summed E-state index contributed by atoms with van der Waals surface area (Å²) in [5.41, 5.74) is 2.15. The molecule has 4 aliphatic heterocycles. The van der Waals surface area contributed by atoms with Crippen molar-refractivity contribution in [1.82, 2.24) is 20.0 Å². The van der Waals surface area contributed by atoms with Crippen molar-refractivity contribution in [3.63, 3.8) is 0 Å².